The Morgan fingerprint density at radius 2 is 1.95 bits per heavy atom. The number of hydrogen-bond donors (Lipinski definition) is 0. The van der Waals surface area contributed by atoms with Crippen LogP contribution in [0.15, 0.2) is 6.20 Å². The Morgan fingerprint density at radius 3 is 2.60 bits per heavy atom. The molecule has 0 N–H and O–H groups in total. The molecule has 0 aromatic carbocycles. The Balaban J connectivity index is 1.67. The normalized spacial score (nSPS) is 17.8. The van der Waals surface area contributed by atoms with Gasteiger partial charge < -0.3 is 4.81 Å². The number of nitrogens with zero attached hydrogens (tertiary/aromatic N) is 5. The fourth-order valence-corrected chi connectivity index (χ4v) is 2.62. The fourth-order valence-electron chi connectivity index (χ4n) is 2.62. The largest absolute Gasteiger partial charge is 0.344 e. The Morgan fingerprint density at radius 1 is 1.20 bits per heavy atom. The molecule has 0 saturated carbocycles. The molecule has 0 bridgehead atoms. The van der Waals surface area contributed by atoms with Crippen molar-refractivity contribution in [2.24, 2.45) is 0 Å². The fraction of sp³-hybridized carbons (Fsp3) is 0.857. The van der Waals surface area contributed by atoms with Gasteiger partial charge in [0.05, 0.1) is 12.2 Å². The van der Waals surface area contributed by atoms with Crippen molar-refractivity contribution >= 4 is 7.41 Å². The summed E-state index contributed by atoms with van der Waals surface area (Å²) in [7, 11) is 2.35. The van der Waals surface area contributed by atoms with Gasteiger partial charge in [-0.3, -0.25) is 9.58 Å². The molecular formula is C14H27BN5. The lowest BCUT2D eigenvalue weighted by molar-refractivity contribution is 0.180. The van der Waals surface area contributed by atoms with Crippen molar-refractivity contribution in [3.05, 3.63) is 11.9 Å². The molecule has 6 heteroatoms. The molecule has 0 unspecified atom stereocenters. The van der Waals surface area contributed by atoms with E-state index in [0.29, 0.717) is 5.82 Å². The lowest BCUT2D eigenvalue weighted by Gasteiger charge is -2.35. The van der Waals surface area contributed by atoms with Gasteiger partial charge in [-0.1, -0.05) is 38.2 Å². The highest BCUT2D eigenvalue weighted by Crippen LogP contribution is 2.06. The summed E-state index contributed by atoms with van der Waals surface area (Å²) in [4.78, 5) is 4.97. The highest BCUT2D eigenvalue weighted by atomic mass is 15.4. The van der Waals surface area contributed by atoms with Gasteiger partial charge in [0.15, 0.2) is 0 Å². The van der Waals surface area contributed by atoms with Gasteiger partial charge in [-0.2, -0.15) is 0 Å². The summed E-state index contributed by atoms with van der Waals surface area (Å²) in [6, 6.07) is 0. The molecule has 0 amide bonds. The third-order valence-corrected chi connectivity index (χ3v) is 3.65. The molecule has 0 atom stereocenters. The Kier molecular flexibility index (Phi) is 6.04. The number of aromatic nitrogens is 3. The second-order valence-corrected chi connectivity index (χ2v) is 5.99. The Bertz CT molecular complexity index is 385. The molecular weight excluding hydrogens is 249 g/mol. The standard InChI is InChI=1S/C14H27BN5/c1-4-5-14-12-20(17-16-14)11-8-18-6-9-19(10-7-18)15-13(2)3/h12-13H,4-11H2,1-3H3. The van der Waals surface area contributed by atoms with Crippen LogP contribution in [0.4, 0.5) is 0 Å². The second-order valence-electron chi connectivity index (χ2n) is 5.99. The summed E-state index contributed by atoms with van der Waals surface area (Å²) in [5.74, 6) is 0.647. The molecule has 1 fully saturated rings. The molecule has 2 rings (SSSR count). The van der Waals surface area contributed by atoms with E-state index in [1.165, 1.54) is 0 Å². The van der Waals surface area contributed by atoms with Gasteiger partial charge in [-0.25, -0.2) is 0 Å². The van der Waals surface area contributed by atoms with Crippen molar-refractivity contribution in [2.45, 2.75) is 46.0 Å². The highest BCUT2D eigenvalue weighted by molar-refractivity contribution is 6.33. The van der Waals surface area contributed by atoms with E-state index in [2.05, 4.69) is 54.4 Å². The first kappa shape index (κ1) is 15.5. The first-order valence-electron chi connectivity index (χ1n) is 7.87. The third kappa shape index (κ3) is 4.91. The molecule has 1 aromatic rings. The van der Waals surface area contributed by atoms with Crippen LogP contribution in [0.2, 0.25) is 5.82 Å². The quantitative estimate of drug-likeness (QED) is 0.703. The molecule has 1 aromatic heterocycles. The molecule has 1 aliphatic heterocycles. The zero-order valence-electron chi connectivity index (χ0n) is 13.1. The van der Waals surface area contributed by atoms with Crippen molar-refractivity contribution in [3.8, 4) is 0 Å². The molecule has 1 radical (unpaired) electrons. The lowest BCUT2D eigenvalue weighted by atomic mass is 9.76. The summed E-state index contributed by atoms with van der Waals surface area (Å²) in [5.41, 5.74) is 1.11. The molecule has 1 aliphatic rings. The van der Waals surface area contributed by atoms with Crippen LogP contribution >= 0.6 is 0 Å². The third-order valence-electron chi connectivity index (χ3n) is 3.65. The van der Waals surface area contributed by atoms with Crippen LogP contribution in [0.5, 0.6) is 0 Å². The summed E-state index contributed by atoms with van der Waals surface area (Å²) in [5, 5.41) is 8.39. The predicted octanol–water partition coefficient (Wildman–Crippen LogP) is 1.30. The van der Waals surface area contributed by atoms with Gasteiger partial charge in [-0.05, 0) is 19.5 Å². The van der Waals surface area contributed by atoms with Crippen molar-refractivity contribution < 1.29 is 0 Å². The van der Waals surface area contributed by atoms with Crippen LogP contribution in [-0.2, 0) is 13.0 Å². The average molecular weight is 276 g/mol. The number of piperazine rings is 1. The lowest BCUT2D eigenvalue weighted by Crippen LogP contribution is -2.48. The molecule has 0 spiro atoms. The average Bonchev–Trinajstić information content (AvgIpc) is 2.86. The zero-order valence-corrected chi connectivity index (χ0v) is 13.1. The molecule has 0 aliphatic carbocycles. The summed E-state index contributed by atoms with van der Waals surface area (Å²) in [6.07, 6.45) is 4.25. The van der Waals surface area contributed by atoms with Gasteiger partial charge in [0.1, 0.15) is 0 Å². The van der Waals surface area contributed by atoms with Gasteiger partial charge >= 0.3 is 0 Å². The van der Waals surface area contributed by atoms with Crippen molar-refractivity contribution in [2.75, 3.05) is 32.7 Å². The van der Waals surface area contributed by atoms with E-state index in [4.69, 9.17) is 0 Å². The Hall–Kier alpha value is -0.875. The van der Waals surface area contributed by atoms with Crippen molar-refractivity contribution in [3.63, 3.8) is 0 Å². The van der Waals surface area contributed by atoms with E-state index in [9.17, 15) is 0 Å². The van der Waals surface area contributed by atoms with Gasteiger partial charge in [0, 0.05) is 25.8 Å². The topological polar surface area (TPSA) is 37.2 Å². The number of hydrogen-bond acceptors (Lipinski definition) is 4. The predicted molar refractivity (Wildman–Crippen MR) is 82.9 cm³/mol. The number of rotatable bonds is 7. The smallest absolute Gasteiger partial charge is 0.211 e. The first-order chi connectivity index (χ1) is 9.67. The molecule has 1 saturated heterocycles. The van der Waals surface area contributed by atoms with Crippen LogP contribution in [0.1, 0.15) is 32.9 Å². The van der Waals surface area contributed by atoms with E-state index < -0.39 is 0 Å². The first-order valence-corrected chi connectivity index (χ1v) is 7.87. The SMILES string of the molecule is CCCc1cn(CCN2CCN([B]C(C)C)CC2)nn1. The van der Waals surface area contributed by atoms with E-state index in [1.54, 1.807) is 0 Å². The minimum absolute atomic E-state index is 0.647. The minimum Gasteiger partial charge on any atom is -0.344 e. The molecule has 20 heavy (non-hydrogen) atoms. The van der Waals surface area contributed by atoms with Crippen molar-refractivity contribution in [1.82, 2.24) is 24.7 Å². The van der Waals surface area contributed by atoms with Crippen LogP contribution < -0.4 is 0 Å². The van der Waals surface area contributed by atoms with Crippen LogP contribution in [-0.4, -0.2) is 64.8 Å². The summed E-state index contributed by atoms with van der Waals surface area (Å²) in [6.45, 7) is 13.3. The van der Waals surface area contributed by atoms with Crippen LogP contribution in [0.25, 0.3) is 0 Å². The Labute approximate surface area is 123 Å². The van der Waals surface area contributed by atoms with Gasteiger partial charge in [-0.15, -0.1) is 5.10 Å². The monoisotopic (exact) mass is 276 g/mol. The highest BCUT2D eigenvalue weighted by Gasteiger charge is 2.17. The minimum atomic E-state index is 0.647. The molecule has 5 nitrogen and oxygen atoms in total. The summed E-state index contributed by atoms with van der Waals surface area (Å²) >= 11 is 0. The van der Waals surface area contributed by atoms with Crippen molar-refractivity contribution in [1.29, 1.82) is 0 Å². The maximum absolute atomic E-state index is 4.20. The van der Waals surface area contributed by atoms with Gasteiger partial charge in [0.25, 0.3) is 0 Å². The molecule has 111 valence electrons. The van der Waals surface area contributed by atoms with Crippen LogP contribution in [0.3, 0.4) is 0 Å². The number of aryl methyl sites for hydroxylation is 1. The summed E-state index contributed by atoms with van der Waals surface area (Å²) < 4.78 is 1.98. The van der Waals surface area contributed by atoms with E-state index in [0.717, 1.165) is 57.8 Å². The van der Waals surface area contributed by atoms with Crippen LogP contribution in [0, 0.1) is 0 Å². The molecule has 2 heterocycles. The second kappa shape index (κ2) is 7.79. The van der Waals surface area contributed by atoms with Gasteiger partial charge in [0.2, 0.25) is 7.41 Å². The zero-order chi connectivity index (χ0) is 14.4. The van der Waals surface area contributed by atoms with E-state index in [-0.39, 0.29) is 0 Å². The van der Waals surface area contributed by atoms with E-state index in [1.807, 2.05) is 4.68 Å². The maximum Gasteiger partial charge on any atom is 0.211 e. The maximum atomic E-state index is 4.20. The van der Waals surface area contributed by atoms with E-state index >= 15 is 0 Å².